The Morgan fingerprint density at radius 3 is 2.43 bits per heavy atom. The zero-order valence-electron chi connectivity index (χ0n) is 16.2. The molecule has 2 amide bonds. The van der Waals surface area contributed by atoms with Crippen molar-refractivity contribution in [1.82, 2.24) is 10.3 Å². The highest BCUT2D eigenvalue weighted by Gasteiger charge is 2.35. The third-order valence-corrected chi connectivity index (χ3v) is 6.56. The van der Waals surface area contributed by atoms with Crippen molar-refractivity contribution in [2.75, 3.05) is 0 Å². The van der Waals surface area contributed by atoms with Crippen LogP contribution >= 0.6 is 23.4 Å². The molecule has 1 unspecified atom stereocenters. The van der Waals surface area contributed by atoms with Gasteiger partial charge in [0.25, 0.3) is 0 Å². The second-order valence-corrected chi connectivity index (χ2v) is 9.50. The maximum atomic E-state index is 12.8. The van der Waals surface area contributed by atoms with Crippen molar-refractivity contribution in [3.05, 3.63) is 58.6 Å². The molecule has 1 N–H and O–H groups in total. The molecule has 0 bridgehead atoms. The van der Waals surface area contributed by atoms with E-state index in [0.29, 0.717) is 10.6 Å². The van der Waals surface area contributed by atoms with Gasteiger partial charge in [-0.1, -0.05) is 41.1 Å². The van der Waals surface area contributed by atoms with Crippen LogP contribution in [0.15, 0.2) is 52.5 Å². The van der Waals surface area contributed by atoms with Crippen molar-refractivity contribution in [2.45, 2.75) is 31.0 Å². The molecule has 0 spiro atoms. The summed E-state index contributed by atoms with van der Waals surface area (Å²) in [5.41, 5.74) is 1.23. The Kier molecular flexibility index (Phi) is 6.39. The number of amidine groups is 1. The number of thioether (sulfide) groups is 1. The topological polar surface area (TPSA) is 105 Å². The molecule has 158 valence electrons. The molecule has 1 aliphatic heterocycles. The first-order valence-corrected chi connectivity index (χ1v) is 11.4. The molecule has 2 aromatic rings. The lowest BCUT2D eigenvalue weighted by atomic mass is 10.2. The fourth-order valence-corrected chi connectivity index (χ4v) is 4.91. The smallest absolute Gasteiger partial charge is 0.339 e. The summed E-state index contributed by atoms with van der Waals surface area (Å²) in [5, 5.41) is 7.52. The van der Waals surface area contributed by atoms with Crippen molar-refractivity contribution >= 4 is 50.5 Å². The van der Waals surface area contributed by atoms with E-state index < -0.39 is 21.4 Å². The Balaban J connectivity index is 1.98. The summed E-state index contributed by atoms with van der Waals surface area (Å²) in [6, 6.07) is 10.6. The van der Waals surface area contributed by atoms with Gasteiger partial charge >= 0.3 is 10.1 Å². The Morgan fingerprint density at radius 2 is 1.83 bits per heavy atom. The molecule has 0 fully saturated rings. The summed E-state index contributed by atoms with van der Waals surface area (Å²) in [5.74, 6) is -0.752. The van der Waals surface area contributed by atoms with E-state index in [-0.39, 0.29) is 21.7 Å². The first kappa shape index (κ1) is 22.1. The number of benzene rings is 2. The van der Waals surface area contributed by atoms with Crippen LogP contribution in [-0.2, 0) is 19.7 Å². The van der Waals surface area contributed by atoms with Crippen molar-refractivity contribution in [3.8, 4) is 5.75 Å². The van der Waals surface area contributed by atoms with E-state index in [1.165, 1.54) is 44.2 Å². The van der Waals surface area contributed by atoms with E-state index in [4.69, 9.17) is 15.8 Å². The zero-order chi connectivity index (χ0) is 22.1. The molecule has 1 aliphatic rings. The first-order chi connectivity index (χ1) is 14.1. The Morgan fingerprint density at radius 1 is 1.17 bits per heavy atom. The van der Waals surface area contributed by atoms with Gasteiger partial charge in [0.2, 0.25) is 11.8 Å². The lowest BCUT2D eigenvalue weighted by molar-refractivity contribution is -0.129. The fraction of sp³-hybridized carbons (Fsp3) is 0.211. The van der Waals surface area contributed by atoms with Gasteiger partial charge in [0.05, 0.1) is 0 Å². The number of hydrogen-bond acceptors (Lipinski definition) is 7. The van der Waals surface area contributed by atoms with Crippen molar-refractivity contribution in [3.63, 3.8) is 0 Å². The molecule has 0 radical (unpaired) electrons. The third-order valence-electron chi connectivity index (χ3n) is 4.00. The molecule has 8 nitrogen and oxygen atoms in total. The average Bonchev–Trinajstić information content (AvgIpc) is 3.06. The van der Waals surface area contributed by atoms with Gasteiger partial charge in [-0.25, -0.2) is 5.01 Å². The zero-order valence-corrected chi connectivity index (χ0v) is 18.6. The van der Waals surface area contributed by atoms with Crippen LogP contribution in [0, 0.1) is 6.92 Å². The molecular weight excluding hydrogens is 450 g/mol. The Bertz CT molecular complexity index is 1130. The van der Waals surface area contributed by atoms with Crippen molar-refractivity contribution in [1.29, 1.82) is 0 Å². The highest BCUT2D eigenvalue weighted by atomic mass is 35.5. The van der Waals surface area contributed by atoms with Gasteiger partial charge < -0.3 is 9.50 Å². The Labute approximate surface area is 183 Å². The van der Waals surface area contributed by atoms with Gasteiger partial charge in [0.15, 0.2) is 5.17 Å². The van der Waals surface area contributed by atoms with E-state index in [0.717, 1.165) is 22.3 Å². The maximum Gasteiger partial charge on any atom is 0.339 e. The van der Waals surface area contributed by atoms with Crippen molar-refractivity contribution < 1.29 is 22.2 Å². The fourth-order valence-electron chi connectivity index (χ4n) is 2.62. The van der Waals surface area contributed by atoms with Crippen LogP contribution in [0.3, 0.4) is 0 Å². The van der Waals surface area contributed by atoms with Crippen LogP contribution in [0.1, 0.15) is 30.3 Å². The number of rotatable bonds is 4. The lowest BCUT2D eigenvalue weighted by Gasteiger charge is -2.22. The van der Waals surface area contributed by atoms with Gasteiger partial charge in [-0.2, -0.15) is 8.42 Å². The predicted molar refractivity (Wildman–Crippen MR) is 115 cm³/mol. The highest BCUT2D eigenvalue weighted by Crippen LogP contribution is 2.44. The van der Waals surface area contributed by atoms with Gasteiger partial charge in [-0.3, -0.25) is 9.59 Å². The summed E-state index contributed by atoms with van der Waals surface area (Å²) in [4.78, 5) is 23.5. The Hall–Kier alpha value is -2.56. The molecule has 2 aromatic carbocycles. The number of nitrogens with zero attached hydrogens (tertiary/aromatic N) is 2. The summed E-state index contributed by atoms with van der Waals surface area (Å²) < 4.78 is 30.9. The summed E-state index contributed by atoms with van der Waals surface area (Å²) in [6.45, 7) is 4.47. The minimum Gasteiger partial charge on any atom is -0.379 e. The number of amides is 2. The van der Waals surface area contributed by atoms with Gasteiger partial charge in [0, 0.05) is 24.4 Å². The van der Waals surface area contributed by atoms with Crippen LogP contribution in [0.25, 0.3) is 0 Å². The molecule has 0 saturated carbocycles. The summed E-state index contributed by atoms with van der Waals surface area (Å²) in [7, 11) is -4.13. The molecule has 1 atom stereocenters. The number of nitrogens with one attached hydrogen (secondary N) is 1. The standard InChI is InChI=1S/C19H18ClN3O5S2/c1-11-4-7-15(8-5-11)30(26,27)28-17-9-6-14(20)10-16(17)18-23(13(3)25)22-19(29-18)21-12(2)24/h4-10,18H,1-3H3,(H,21,22,24). The van der Waals surface area contributed by atoms with Crippen LogP contribution in [0.5, 0.6) is 5.75 Å². The third kappa shape index (κ3) is 4.94. The molecule has 0 aliphatic carbocycles. The number of carbonyl (C=O) groups is 2. The number of aryl methyl sites for hydroxylation is 1. The first-order valence-electron chi connectivity index (χ1n) is 8.70. The average molecular weight is 468 g/mol. The van der Waals surface area contributed by atoms with E-state index in [2.05, 4.69) is 10.4 Å². The minimum absolute atomic E-state index is 0.00278. The van der Waals surface area contributed by atoms with Gasteiger partial charge in [-0.05, 0) is 37.3 Å². The maximum absolute atomic E-state index is 12.8. The molecule has 1 heterocycles. The number of carbonyl (C=O) groups excluding carboxylic acids is 2. The number of hydrogen-bond donors (Lipinski definition) is 1. The normalized spacial score (nSPS) is 16.2. The van der Waals surface area contributed by atoms with Crippen LogP contribution < -0.4 is 9.50 Å². The van der Waals surface area contributed by atoms with Gasteiger partial charge in [0.1, 0.15) is 16.0 Å². The monoisotopic (exact) mass is 467 g/mol. The predicted octanol–water partition coefficient (Wildman–Crippen LogP) is 3.42. The molecule has 3 rings (SSSR count). The van der Waals surface area contributed by atoms with Crippen LogP contribution in [-0.4, -0.2) is 30.4 Å². The quantitative estimate of drug-likeness (QED) is 0.691. The van der Waals surface area contributed by atoms with E-state index in [1.807, 2.05) is 6.92 Å². The summed E-state index contributed by atoms with van der Waals surface area (Å²) >= 11 is 7.19. The molecule has 11 heteroatoms. The number of halogens is 1. The highest BCUT2D eigenvalue weighted by molar-refractivity contribution is 8.14. The van der Waals surface area contributed by atoms with E-state index in [9.17, 15) is 18.0 Å². The van der Waals surface area contributed by atoms with Crippen molar-refractivity contribution in [2.24, 2.45) is 5.10 Å². The lowest BCUT2D eigenvalue weighted by Crippen LogP contribution is -2.25. The largest absolute Gasteiger partial charge is 0.379 e. The molecule has 0 saturated heterocycles. The second kappa shape index (κ2) is 8.66. The molecule has 30 heavy (non-hydrogen) atoms. The number of hydrazone groups is 1. The van der Waals surface area contributed by atoms with Gasteiger partial charge in [-0.15, -0.1) is 5.10 Å². The summed E-state index contributed by atoms with van der Waals surface area (Å²) in [6.07, 6.45) is 0. The molecule has 0 aromatic heterocycles. The minimum atomic E-state index is -4.13. The van der Waals surface area contributed by atoms with E-state index in [1.54, 1.807) is 12.1 Å². The van der Waals surface area contributed by atoms with Crippen LogP contribution in [0.2, 0.25) is 5.02 Å². The van der Waals surface area contributed by atoms with E-state index >= 15 is 0 Å². The molecular formula is C19H18ClN3O5S2. The second-order valence-electron chi connectivity index (χ2n) is 6.45. The SMILES string of the molecule is CC(=O)NC1=NN(C(C)=O)C(c2cc(Cl)ccc2OS(=O)(=O)c2ccc(C)cc2)S1. The van der Waals surface area contributed by atoms with Crippen LogP contribution in [0.4, 0.5) is 0 Å².